The number of fused-ring (bicyclic) bond motifs is 2. The summed E-state index contributed by atoms with van der Waals surface area (Å²) in [4.78, 5) is 18.9. The molecule has 2 aliphatic heterocycles. The van der Waals surface area contributed by atoms with E-state index in [1.54, 1.807) is 10.5 Å². The first-order valence-corrected chi connectivity index (χ1v) is 10.3. The van der Waals surface area contributed by atoms with Gasteiger partial charge in [-0.05, 0) is 55.8 Å². The van der Waals surface area contributed by atoms with E-state index in [-0.39, 0.29) is 11.3 Å². The van der Waals surface area contributed by atoms with Gasteiger partial charge in [0.2, 0.25) is 5.91 Å². The Morgan fingerprint density at radius 1 is 1.15 bits per heavy atom. The fraction of sp³-hybridized carbons (Fsp3) is 0.682. The maximum Gasteiger partial charge on any atom is 0.236 e. The number of rotatable bonds is 4. The second kappa shape index (κ2) is 7.32. The number of piperidine rings is 1. The maximum absolute atomic E-state index is 12.1. The molecule has 0 aromatic heterocycles. The predicted octanol–water partition coefficient (Wildman–Crippen LogP) is 2.72. The van der Waals surface area contributed by atoms with E-state index in [0.717, 1.165) is 25.6 Å². The van der Waals surface area contributed by atoms with Gasteiger partial charge in [-0.25, -0.2) is 0 Å². The monoisotopic (exact) mass is 355 g/mol. The van der Waals surface area contributed by atoms with Crippen LogP contribution < -0.4 is 0 Å². The predicted molar refractivity (Wildman–Crippen MR) is 105 cm³/mol. The average Bonchev–Trinajstić information content (AvgIpc) is 2.60. The lowest BCUT2D eigenvalue weighted by molar-refractivity contribution is -0.130. The molecule has 4 rings (SSSR count). The van der Waals surface area contributed by atoms with Crippen molar-refractivity contribution in [2.24, 2.45) is 5.92 Å². The lowest BCUT2D eigenvalue weighted by atomic mass is 9.68. The van der Waals surface area contributed by atoms with Crippen molar-refractivity contribution in [2.45, 2.75) is 44.1 Å². The molecule has 0 N–H and O–H groups in total. The third kappa shape index (κ3) is 3.54. The van der Waals surface area contributed by atoms with Gasteiger partial charge in [-0.2, -0.15) is 0 Å². The molecule has 1 amide bonds. The number of nitrogens with zero attached hydrogens (tertiary/aromatic N) is 3. The maximum atomic E-state index is 12.1. The van der Waals surface area contributed by atoms with Crippen LogP contribution in [0, 0.1) is 5.92 Å². The molecule has 1 saturated heterocycles. The van der Waals surface area contributed by atoms with Crippen molar-refractivity contribution in [1.29, 1.82) is 0 Å². The van der Waals surface area contributed by atoms with Crippen LogP contribution in [0.1, 0.15) is 43.2 Å². The molecule has 142 valence electrons. The molecule has 1 aromatic rings. The van der Waals surface area contributed by atoms with Crippen molar-refractivity contribution in [3.63, 3.8) is 0 Å². The van der Waals surface area contributed by atoms with Crippen LogP contribution >= 0.6 is 0 Å². The molecule has 1 aromatic carbocycles. The number of hydrogen-bond acceptors (Lipinski definition) is 3. The molecule has 4 nitrogen and oxygen atoms in total. The first-order valence-electron chi connectivity index (χ1n) is 10.3. The van der Waals surface area contributed by atoms with Crippen molar-refractivity contribution in [3.05, 3.63) is 35.4 Å². The molecule has 2 heterocycles. The van der Waals surface area contributed by atoms with Crippen LogP contribution in [0.5, 0.6) is 0 Å². The van der Waals surface area contributed by atoms with Crippen LogP contribution in [0.25, 0.3) is 0 Å². The minimum Gasteiger partial charge on any atom is -0.348 e. The summed E-state index contributed by atoms with van der Waals surface area (Å²) in [6.45, 7) is 6.24. The quantitative estimate of drug-likeness (QED) is 0.831. The van der Waals surface area contributed by atoms with E-state index < -0.39 is 0 Å². The highest BCUT2D eigenvalue weighted by Crippen LogP contribution is 2.42. The van der Waals surface area contributed by atoms with E-state index in [9.17, 15) is 4.79 Å². The zero-order valence-electron chi connectivity index (χ0n) is 16.4. The summed E-state index contributed by atoms with van der Waals surface area (Å²) in [6, 6.07) is 9.12. The Balaban J connectivity index is 1.48. The van der Waals surface area contributed by atoms with Gasteiger partial charge in [0.25, 0.3) is 0 Å². The van der Waals surface area contributed by atoms with Crippen LogP contribution in [0.2, 0.25) is 0 Å². The largest absolute Gasteiger partial charge is 0.348 e. The van der Waals surface area contributed by atoms with Gasteiger partial charge in [0, 0.05) is 39.1 Å². The summed E-state index contributed by atoms with van der Waals surface area (Å²) >= 11 is 0. The number of hydrogen-bond donors (Lipinski definition) is 0. The zero-order chi connectivity index (χ0) is 18.1. The molecule has 0 atom stereocenters. The first kappa shape index (κ1) is 18.0. The summed E-state index contributed by atoms with van der Waals surface area (Å²) in [5.41, 5.74) is 3.41. The fourth-order valence-electron chi connectivity index (χ4n) is 5.05. The molecular weight excluding hydrogens is 322 g/mol. The summed E-state index contributed by atoms with van der Waals surface area (Å²) in [5.74, 6) is 1.15. The zero-order valence-corrected chi connectivity index (χ0v) is 16.4. The number of amides is 1. The average molecular weight is 356 g/mol. The Labute approximate surface area is 158 Å². The Hall–Kier alpha value is -1.39. The molecule has 3 aliphatic rings. The van der Waals surface area contributed by atoms with Gasteiger partial charge in [0.15, 0.2) is 0 Å². The van der Waals surface area contributed by atoms with Gasteiger partial charge in [-0.15, -0.1) is 0 Å². The van der Waals surface area contributed by atoms with Crippen molar-refractivity contribution < 1.29 is 4.79 Å². The molecule has 4 heteroatoms. The lowest BCUT2D eigenvalue weighted by Gasteiger charge is -2.49. The van der Waals surface area contributed by atoms with Gasteiger partial charge in [-0.3, -0.25) is 14.6 Å². The lowest BCUT2D eigenvalue weighted by Crippen LogP contribution is -2.53. The SMILES string of the molecule is CN(C)C(=O)CN1CCC2(CC1)CN(CC1CCC1)Cc1ccccc12. The molecular formula is C22H33N3O. The van der Waals surface area contributed by atoms with Crippen LogP contribution in [-0.4, -0.2) is 67.4 Å². The molecule has 26 heavy (non-hydrogen) atoms. The van der Waals surface area contributed by atoms with Gasteiger partial charge in [0.05, 0.1) is 6.54 Å². The van der Waals surface area contributed by atoms with Crippen LogP contribution in [0.15, 0.2) is 24.3 Å². The topological polar surface area (TPSA) is 26.8 Å². The van der Waals surface area contributed by atoms with Gasteiger partial charge < -0.3 is 4.90 Å². The first-order chi connectivity index (χ1) is 12.6. The van der Waals surface area contributed by atoms with Gasteiger partial charge in [0.1, 0.15) is 0 Å². The number of carbonyl (C=O) groups excluding carboxylic acids is 1. The highest BCUT2D eigenvalue weighted by molar-refractivity contribution is 5.77. The van der Waals surface area contributed by atoms with Gasteiger partial charge >= 0.3 is 0 Å². The Morgan fingerprint density at radius 2 is 1.88 bits per heavy atom. The summed E-state index contributed by atoms with van der Waals surface area (Å²) in [6.07, 6.45) is 6.62. The van der Waals surface area contributed by atoms with Crippen molar-refractivity contribution in [1.82, 2.24) is 14.7 Å². The minimum absolute atomic E-state index is 0.219. The molecule has 0 radical (unpaired) electrons. The molecule has 1 aliphatic carbocycles. The van der Waals surface area contributed by atoms with Crippen molar-refractivity contribution in [3.8, 4) is 0 Å². The van der Waals surface area contributed by atoms with Crippen LogP contribution in [0.4, 0.5) is 0 Å². The minimum atomic E-state index is 0.219. The number of benzene rings is 1. The van der Waals surface area contributed by atoms with Gasteiger partial charge in [-0.1, -0.05) is 30.7 Å². The van der Waals surface area contributed by atoms with E-state index >= 15 is 0 Å². The Bertz CT molecular complexity index is 645. The molecule has 0 bridgehead atoms. The molecule has 0 unspecified atom stereocenters. The number of carbonyl (C=O) groups is 1. The van der Waals surface area contributed by atoms with Crippen molar-refractivity contribution in [2.75, 3.05) is 46.8 Å². The van der Waals surface area contributed by atoms with E-state index in [4.69, 9.17) is 0 Å². The van der Waals surface area contributed by atoms with Crippen LogP contribution in [-0.2, 0) is 16.8 Å². The summed E-state index contributed by atoms with van der Waals surface area (Å²) in [5, 5.41) is 0. The van der Waals surface area contributed by atoms with E-state index in [1.807, 2.05) is 14.1 Å². The number of likely N-dealkylation sites (N-methyl/N-ethyl adjacent to an activating group) is 1. The Kier molecular flexibility index (Phi) is 5.07. The van der Waals surface area contributed by atoms with Crippen molar-refractivity contribution >= 4 is 5.91 Å². The molecule has 2 fully saturated rings. The fourth-order valence-corrected chi connectivity index (χ4v) is 5.05. The number of likely N-dealkylation sites (tertiary alicyclic amines) is 1. The van der Waals surface area contributed by atoms with E-state index in [0.29, 0.717) is 6.54 Å². The second-order valence-corrected chi connectivity index (χ2v) is 8.97. The Morgan fingerprint density at radius 3 is 2.54 bits per heavy atom. The highest BCUT2D eigenvalue weighted by atomic mass is 16.2. The normalized spacial score (nSPS) is 23.5. The molecule has 1 spiro atoms. The highest BCUT2D eigenvalue weighted by Gasteiger charge is 2.42. The second-order valence-electron chi connectivity index (χ2n) is 8.97. The standard InChI is InChI=1S/C22H33N3O/c1-23(2)21(26)16-24-12-10-22(11-13-24)17-25(14-18-6-5-7-18)15-19-8-3-4-9-20(19)22/h3-4,8-9,18H,5-7,10-17H2,1-2H3. The third-order valence-corrected chi connectivity index (χ3v) is 6.92. The van der Waals surface area contributed by atoms with E-state index in [2.05, 4.69) is 34.1 Å². The van der Waals surface area contributed by atoms with E-state index in [1.165, 1.54) is 50.8 Å². The smallest absolute Gasteiger partial charge is 0.236 e. The summed E-state index contributed by atoms with van der Waals surface area (Å²) in [7, 11) is 3.70. The molecule has 1 saturated carbocycles. The summed E-state index contributed by atoms with van der Waals surface area (Å²) < 4.78 is 0. The third-order valence-electron chi connectivity index (χ3n) is 6.92. The van der Waals surface area contributed by atoms with Crippen LogP contribution in [0.3, 0.4) is 0 Å².